The molecule has 0 radical (unpaired) electrons. The van der Waals surface area contributed by atoms with Gasteiger partial charge >= 0.3 is 5.97 Å². The molecule has 0 aliphatic rings. The molecule has 242 valence electrons. The fraction of sp³-hybridized carbons (Fsp3) is 0.273. The molecule has 4 aromatic rings. The molecule has 2 aromatic heterocycles. The van der Waals surface area contributed by atoms with Crippen LogP contribution in [0.1, 0.15) is 36.9 Å². The number of hydrogen-bond acceptors (Lipinski definition) is 11. The maximum Gasteiger partial charge on any atom is 0.305 e. The van der Waals surface area contributed by atoms with Gasteiger partial charge in [-0.2, -0.15) is 5.26 Å². The number of amides is 1. The summed E-state index contributed by atoms with van der Waals surface area (Å²) in [5, 5.41) is 16.8. The first-order chi connectivity index (χ1) is 22.9. The van der Waals surface area contributed by atoms with E-state index >= 15 is 0 Å². The molecule has 14 heteroatoms. The van der Waals surface area contributed by atoms with Crippen molar-refractivity contribution in [1.82, 2.24) is 9.97 Å². The second-order valence-electron chi connectivity index (χ2n) is 9.95. The molecule has 5 N–H and O–H groups in total. The molecular formula is C33H32ClN7O4S2. The Labute approximate surface area is 286 Å². The molecular weight excluding hydrogens is 658 g/mol. The monoisotopic (exact) mass is 689 g/mol. The number of pyridine rings is 1. The van der Waals surface area contributed by atoms with Crippen LogP contribution in [0.3, 0.4) is 0 Å². The molecule has 0 fully saturated rings. The van der Waals surface area contributed by atoms with Crippen molar-refractivity contribution in [3.05, 3.63) is 81.6 Å². The number of hydrogen-bond donors (Lipinski definition) is 3. The number of nitrogens with zero attached hydrogens (tertiary/aromatic N) is 4. The van der Waals surface area contributed by atoms with Crippen molar-refractivity contribution in [2.24, 2.45) is 11.5 Å². The van der Waals surface area contributed by atoms with Crippen LogP contribution < -0.4 is 21.5 Å². The van der Waals surface area contributed by atoms with E-state index in [4.69, 9.17) is 44.1 Å². The van der Waals surface area contributed by atoms with Gasteiger partial charge in [-0.15, -0.1) is 11.3 Å². The van der Waals surface area contributed by atoms with Crippen molar-refractivity contribution in [2.45, 2.75) is 36.5 Å². The number of esters is 1. The van der Waals surface area contributed by atoms with E-state index in [2.05, 4.69) is 21.2 Å². The van der Waals surface area contributed by atoms with Crippen LogP contribution in [-0.4, -0.2) is 48.1 Å². The van der Waals surface area contributed by atoms with E-state index < -0.39 is 0 Å². The minimum Gasteiger partial charge on any atom is -0.490 e. The summed E-state index contributed by atoms with van der Waals surface area (Å²) < 4.78 is 10.8. The van der Waals surface area contributed by atoms with Crippen molar-refractivity contribution < 1.29 is 19.1 Å². The number of carbonyl (C=O) groups excluding carboxylic acids is 2. The van der Waals surface area contributed by atoms with Gasteiger partial charge in [0.05, 0.1) is 17.8 Å². The topological polar surface area (TPSA) is 171 Å². The molecule has 0 aliphatic carbocycles. The van der Waals surface area contributed by atoms with Crippen LogP contribution in [0, 0.1) is 17.9 Å². The Kier molecular flexibility index (Phi) is 13.5. The van der Waals surface area contributed by atoms with Crippen LogP contribution in [0.15, 0.2) is 58.9 Å². The van der Waals surface area contributed by atoms with Crippen LogP contribution in [0.4, 0.5) is 11.5 Å². The maximum absolute atomic E-state index is 12.7. The highest BCUT2D eigenvalue weighted by Crippen LogP contribution is 2.43. The molecule has 2 heterocycles. The maximum atomic E-state index is 12.7. The number of ether oxygens (including phenoxy) is 2. The first-order valence-corrected chi connectivity index (χ1v) is 16.9. The fourth-order valence-corrected chi connectivity index (χ4v) is 6.23. The number of aromatic nitrogens is 2. The first kappa shape index (κ1) is 35.4. The number of carbonyl (C=O) groups is 2. The molecule has 0 aliphatic heterocycles. The molecule has 0 atom stereocenters. The van der Waals surface area contributed by atoms with E-state index in [0.29, 0.717) is 58.6 Å². The van der Waals surface area contributed by atoms with Gasteiger partial charge in [0.25, 0.3) is 0 Å². The Morgan fingerprint density at radius 1 is 1.02 bits per heavy atom. The quantitative estimate of drug-likeness (QED) is 0.0505. The molecule has 0 saturated carbocycles. The summed E-state index contributed by atoms with van der Waals surface area (Å²) in [4.78, 5) is 37.4. The standard InChI is InChI=1S/C33H32ClN7O4S2/c1-38-30-29(21-8-12-25(13-9-21)44-16-17-45-28(43)5-3-15-36)26(18-37)33(41-31(30)40-27(42)4-2-14-35)47-20-24-19-46-32(39-24)22-6-10-23(34)11-7-22/h6-13,19H,2-5,14-17,20,35-36H2,(H,40,41,42). The number of rotatable bonds is 16. The summed E-state index contributed by atoms with van der Waals surface area (Å²) >= 11 is 8.81. The lowest BCUT2D eigenvalue weighted by Gasteiger charge is -2.16. The third-order valence-corrected chi connectivity index (χ3v) is 8.77. The Morgan fingerprint density at radius 3 is 2.40 bits per heavy atom. The molecule has 0 saturated heterocycles. The SMILES string of the molecule is [C-]#[N+]c1c(NC(=O)CCCN)nc(SCc2csc(-c3ccc(Cl)cc3)n2)c(C#N)c1-c1ccc(OCCOC(=O)CCCN)cc1. The summed E-state index contributed by atoms with van der Waals surface area (Å²) in [5.74, 6) is 0.300. The number of halogens is 1. The van der Waals surface area contributed by atoms with Gasteiger partial charge in [0, 0.05) is 40.1 Å². The average molecular weight is 690 g/mol. The fourth-order valence-electron chi connectivity index (χ4n) is 4.29. The molecule has 0 spiro atoms. The molecule has 0 unspecified atom stereocenters. The third-order valence-electron chi connectivity index (χ3n) is 6.57. The predicted octanol–water partition coefficient (Wildman–Crippen LogP) is 6.58. The molecule has 0 bridgehead atoms. The second-order valence-corrected chi connectivity index (χ2v) is 12.2. The zero-order valence-electron chi connectivity index (χ0n) is 25.3. The summed E-state index contributed by atoms with van der Waals surface area (Å²) in [6.07, 6.45) is 1.45. The molecule has 11 nitrogen and oxygen atoms in total. The summed E-state index contributed by atoms with van der Waals surface area (Å²) in [5.41, 5.74) is 13.9. The molecule has 47 heavy (non-hydrogen) atoms. The van der Waals surface area contributed by atoms with Crippen LogP contribution in [0.5, 0.6) is 5.75 Å². The first-order valence-electron chi connectivity index (χ1n) is 14.6. The van der Waals surface area contributed by atoms with E-state index in [1.165, 1.54) is 23.1 Å². The lowest BCUT2D eigenvalue weighted by molar-refractivity contribution is -0.144. The number of anilines is 1. The summed E-state index contributed by atoms with van der Waals surface area (Å²) in [7, 11) is 0. The van der Waals surface area contributed by atoms with E-state index in [9.17, 15) is 14.9 Å². The van der Waals surface area contributed by atoms with Crippen molar-refractivity contribution in [3.8, 4) is 33.5 Å². The number of thiazole rings is 1. The zero-order chi connectivity index (χ0) is 33.6. The number of benzene rings is 2. The van der Waals surface area contributed by atoms with Crippen molar-refractivity contribution in [2.75, 3.05) is 31.6 Å². The van der Waals surface area contributed by atoms with Gasteiger partial charge in [0.1, 0.15) is 40.9 Å². The van der Waals surface area contributed by atoms with Gasteiger partial charge in [-0.25, -0.2) is 14.8 Å². The van der Waals surface area contributed by atoms with Gasteiger partial charge in [-0.1, -0.05) is 47.6 Å². The van der Waals surface area contributed by atoms with Crippen LogP contribution in [0.2, 0.25) is 5.02 Å². The van der Waals surface area contributed by atoms with Crippen LogP contribution in [0.25, 0.3) is 26.5 Å². The van der Waals surface area contributed by atoms with E-state index in [-0.39, 0.29) is 55.0 Å². The number of nitrogens with one attached hydrogen (secondary N) is 1. The van der Waals surface area contributed by atoms with E-state index in [1.807, 2.05) is 17.5 Å². The smallest absolute Gasteiger partial charge is 0.305 e. The van der Waals surface area contributed by atoms with Crippen LogP contribution in [-0.2, 0) is 20.1 Å². The Morgan fingerprint density at radius 2 is 1.72 bits per heavy atom. The highest BCUT2D eigenvalue weighted by atomic mass is 35.5. The average Bonchev–Trinajstić information content (AvgIpc) is 3.56. The second kappa shape index (κ2) is 18.0. The normalized spacial score (nSPS) is 10.6. The number of nitrogens with two attached hydrogens (primary N) is 2. The largest absolute Gasteiger partial charge is 0.490 e. The van der Waals surface area contributed by atoms with Crippen molar-refractivity contribution >= 4 is 58.1 Å². The lowest BCUT2D eigenvalue weighted by Crippen LogP contribution is -2.15. The van der Waals surface area contributed by atoms with Gasteiger partial charge in [0.2, 0.25) is 11.6 Å². The van der Waals surface area contributed by atoms with Gasteiger partial charge in [-0.3, -0.25) is 9.59 Å². The Bertz CT molecular complexity index is 1770. The summed E-state index contributed by atoms with van der Waals surface area (Å²) in [6.45, 7) is 8.96. The predicted molar refractivity (Wildman–Crippen MR) is 184 cm³/mol. The van der Waals surface area contributed by atoms with Crippen LogP contribution >= 0.6 is 34.7 Å². The van der Waals surface area contributed by atoms with Crippen molar-refractivity contribution in [1.29, 1.82) is 5.26 Å². The van der Waals surface area contributed by atoms with E-state index in [0.717, 1.165) is 16.3 Å². The lowest BCUT2D eigenvalue weighted by atomic mass is 9.99. The zero-order valence-corrected chi connectivity index (χ0v) is 27.7. The van der Waals surface area contributed by atoms with Gasteiger partial charge in [0.15, 0.2) is 0 Å². The van der Waals surface area contributed by atoms with Crippen molar-refractivity contribution in [3.63, 3.8) is 0 Å². The third kappa shape index (κ3) is 9.99. The van der Waals surface area contributed by atoms with Gasteiger partial charge in [-0.05, 0) is 55.8 Å². The minimum atomic E-state index is -0.334. The molecule has 2 aromatic carbocycles. The molecule has 4 rings (SSSR count). The summed E-state index contributed by atoms with van der Waals surface area (Å²) in [6, 6.07) is 16.5. The van der Waals surface area contributed by atoms with E-state index in [1.54, 1.807) is 36.4 Å². The Balaban J connectivity index is 1.60. The number of nitriles is 1. The highest BCUT2D eigenvalue weighted by molar-refractivity contribution is 7.98. The number of thioether (sulfide) groups is 1. The minimum absolute atomic E-state index is 0.0451. The van der Waals surface area contributed by atoms with Gasteiger partial charge < -0.3 is 26.3 Å². The molecule has 1 amide bonds. The Hall–Kier alpha value is -4.50. The highest BCUT2D eigenvalue weighted by Gasteiger charge is 2.23.